The number of nitrogens with one attached hydrogen (secondary N) is 1. The Hall–Kier alpha value is -1.10. The van der Waals surface area contributed by atoms with Crippen LogP contribution in [0.2, 0.25) is 0 Å². The molecule has 26 heavy (non-hydrogen) atoms. The molecule has 0 saturated carbocycles. The van der Waals surface area contributed by atoms with Gasteiger partial charge in [-0.2, -0.15) is 0 Å². The van der Waals surface area contributed by atoms with E-state index in [0.717, 1.165) is 0 Å². The van der Waals surface area contributed by atoms with Gasteiger partial charge in [0, 0.05) is 5.56 Å². The summed E-state index contributed by atoms with van der Waals surface area (Å²) in [6, 6.07) is 0.633. The Morgan fingerprint density at radius 2 is 2.00 bits per heavy atom. The number of phosphoric ester groups is 1. The third-order valence-electron chi connectivity index (χ3n) is 4.63. The van der Waals surface area contributed by atoms with Gasteiger partial charge < -0.3 is 29.9 Å². The molecule has 0 aromatic heterocycles. The van der Waals surface area contributed by atoms with E-state index >= 15 is 0 Å². The first kappa shape index (κ1) is 18.3. The third kappa shape index (κ3) is 2.45. The Kier molecular flexibility index (Phi) is 4.18. The number of hydrogen-bond donors (Lipinski definition) is 3. The van der Waals surface area contributed by atoms with Crippen molar-refractivity contribution in [3.05, 3.63) is 23.3 Å². The molecule has 0 bridgehead atoms. The molecule has 1 aromatic carbocycles. The molecule has 0 radical (unpaired) electrons. The molecule has 1 saturated heterocycles. The predicted octanol–water partition coefficient (Wildman–Crippen LogP) is -3.75. The van der Waals surface area contributed by atoms with E-state index in [1.54, 1.807) is 0 Å². The van der Waals surface area contributed by atoms with E-state index in [2.05, 4.69) is 5.32 Å². The van der Waals surface area contributed by atoms with Gasteiger partial charge in [0.1, 0.15) is 18.3 Å². The minimum absolute atomic E-state index is 0. The maximum Gasteiger partial charge on any atom is 1.00 e. The van der Waals surface area contributed by atoms with E-state index in [1.807, 2.05) is 0 Å². The van der Waals surface area contributed by atoms with Gasteiger partial charge in [0.15, 0.2) is 11.5 Å². The standard InChI is InChI=1S/C14H12NO9P.Na/c16-6-1-5-4-2-7-12(22-3-21-7)10(17)8(4)14(18)15-9(5)13-11(6)23-25(19,20)24-13;/h1-2,6,9,11,13,16-17H,3H2,(H,15,18)(H,19,20);/q;+1/p-1/t6-,9+,11+,13-;/m0./s1. The first-order chi connectivity index (χ1) is 11.9. The number of ether oxygens (including phenoxy) is 2. The molecule has 10 nitrogen and oxygen atoms in total. The van der Waals surface area contributed by atoms with Crippen LogP contribution in [0.3, 0.4) is 0 Å². The average molecular weight is 391 g/mol. The van der Waals surface area contributed by atoms with Crippen LogP contribution >= 0.6 is 7.82 Å². The van der Waals surface area contributed by atoms with Crippen molar-refractivity contribution in [3.8, 4) is 17.2 Å². The molecule has 1 aliphatic carbocycles. The Labute approximate surface area is 168 Å². The van der Waals surface area contributed by atoms with E-state index in [1.165, 1.54) is 12.1 Å². The molecule has 0 spiro atoms. The second-order valence-corrected chi connectivity index (χ2v) is 7.39. The monoisotopic (exact) mass is 391 g/mol. The minimum atomic E-state index is -4.33. The van der Waals surface area contributed by atoms with Gasteiger partial charge in [0.2, 0.25) is 6.79 Å². The zero-order chi connectivity index (χ0) is 17.5. The molecular formula is C14H11NNaO9P. The van der Waals surface area contributed by atoms with Crippen molar-refractivity contribution in [3.63, 3.8) is 0 Å². The molecule has 3 aliphatic heterocycles. The molecule has 132 valence electrons. The van der Waals surface area contributed by atoms with E-state index in [4.69, 9.17) is 18.5 Å². The van der Waals surface area contributed by atoms with Gasteiger partial charge in [-0.1, -0.05) is 0 Å². The zero-order valence-corrected chi connectivity index (χ0v) is 16.3. The second-order valence-electron chi connectivity index (χ2n) is 6.03. The molecule has 4 aliphatic rings. The number of rotatable bonds is 0. The number of phosphoric acid groups is 1. The van der Waals surface area contributed by atoms with Crippen LogP contribution in [-0.4, -0.2) is 47.1 Å². The van der Waals surface area contributed by atoms with Gasteiger partial charge in [-0.15, -0.1) is 0 Å². The molecule has 1 aromatic rings. The van der Waals surface area contributed by atoms with Crippen LogP contribution in [0, 0.1) is 0 Å². The summed E-state index contributed by atoms with van der Waals surface area (Å²) in [5, 5.41) is 25.3. The van der Waals surface area contributed by atoms with Crippen molar-refractivity contribution in [1.29, 1.82) is 0 Å². The van der Waals surface area contributed by atoms with Crippen molar-refractivity contribution in [1.82, 2.24) is 5.32 Å². The first-order valence-electron chi connectivity index (χ1n) is 7.40. The topological polar surface area (TPSA) is 147 Å². The fraction of sp³-hybridized carbons (Fsp3) is 0.357. The summed E-state index contributed by atoms with van der Waals surface area (Å²) < 4.78 is 31.9. The van der Waals surface area contributed by atoms with E-state index in [-0.39, 0.29) is 59.0 Å². The van der Waals surface area contributed by atoms with E-state index in [9.17, 15) is 24.5 Å². The molecule has 12 heteroatoms. The summed E-state index contributed by atoms with van der Waals surface area (Å²) in [7, 11) is -4.33. The van der Waals surface area contributed by atoms with E-state index in [0.29, 0.717) is 5.57 Å². The number of aliphatic hydroxyl groups is 1. The van der Waals surface area contributed by atoms with Crippen molar-refractivity contribution in [2.75, 3.05) is 6.79 Å². The summed E-state index contributed by atoms with van der Waals surface area (Å²) in [6.45, 7) is -0.129. The Morgan fingerprint density at radius 3 is 2.77 bits per heavy atom. The van der Waals surface area contributed by atoms with Gasteiger partial charge in [0.25, 0.3) is 5.91 Å². The summed E-state index contributed by atoms with van der Waals surface area (Å²) in [5.41, 5.74) is 0.525. The second kappa shape index (κ2) is 5.95. The molecule has 1 unspecified atom stereocenters. The largest absolute Gasteiger partial charge is 1.00 e. The number of fused-ring (bicyclic) bond motifs is 6. The average Bonchev–Trinajstić information content (AvgIpc) is 3.12. The normalized spacial score (nSPS) is 36.2. The number of carbonyl (C=O) groups excluding carboxylic acids is 1. The number of carbonyl (C=O) groups is 1. The SMILES string of the molecule is O=C1N[C@@H]2C(=C[C@H](O)[C@H]3OP(=O)(O)O[C@H]32)c2cc3c(c([O-])c21)OCO3.[Na+]. The molecule has 3 N–H and O–H groups in total. The van der Waals surface area contributed by atoms with Crippen LogP contribution in [0.1, 0.15) is 15.9 Å². The van der Waals surface area contributed by atoms with Crippen molar-refractivity contribution in [2.24, 2.45) is 0 Å². The maximum absolute atomic E-state index is 12.5. The van der Waals surface area contributed by atoms with Crippen LogP contribution in [0.15, 0.2) is 12.1 Å². The third-order valence-corrected chi connectivity index (χ3v) is 5.65. The van der Waals surface area contributed by atoms with Crippen LogP contribution in [0.25, 0.3) is 5.57 Å². The van der Waals surface area contributed by atoms with Crippen LogP contribution in [0.5, 0.6) is 17.2 Å². The van der Waals surface area contributed by atoms with Crippen molar-refractivity contribution < 1.29 is 72.5 Å². The molecule has 1 amide bonds. The Bertz CT molecular complexity index is 903. The Balaban J connectivity index is 0.00000168. The predicted molar refractivity (Wildman–Crippen MR) is 76.8 cm³/mol. The van der Waals surface area contributed by atoms with E-state index < -0.39 is 43.8 Å². The summed E-state index contributed by atoms with van der Waals surface area (Å²) in [6.07, 6.45) is -2.04. The van der Waals surface area contributed by atoms with Crippen molar-refractivity contribution >= 4 is 19.3 Å². The van der Waals surface area contributed by atoms with Gasteiger partial charge in [0.05, 0.1) is 6.04 Å². The smallest absolute Gasteiger partial charge is 0.869 e. The maximum atomic E-state index is 12.5. The molecular weight excluding hydrogens is 380 g/mol. The Morgan fingerprint density at radius 1 is 1.27 bits per heavy atom. The molecule has 3 heterocycles. The first-order valence-corrected chi connectivity index (χ1v) is 8.89. The van der Waals surface area contributed by atoms with Crippen LogP contribution in [-0.2, 0) is 13.6 Å². The minimum Gasteiger partial charge on any atom is -0.869 e. The van der Waals surface area contributed by atoms with Gasteiger partial charge in [-0.05, 0) is 29.0 Å². The fourth-order valence-corrected chi connectivity index (χ4v) is 4.77. The summed E-state index contributed by atoms with van der Waals surface area (Å²) >= 11 is 0. The van der Waals surface area contributed by atoms with Crippen LogP contribution in [0.4, 0.5) is 0 Å². The van der Waals surface area contributed by atoms with Crippen LogP contribution < -0.4 is 49.5 Å². The zero-order valence-electron chi connectivity index (χ0n) is 13.4. The number of amides is 1. The summed E-state index contributed by atoms with van der Waals surface area (Å²) in [5.74, 6) is -1.12. The number of aliphatic hydroxyl groups excluding tert-OH is 1. The summed E-state index contributed by atoms with van der Waals surface area (Å²) in [4.78, 5) is 22.0. The number of benzene rings is 1. The fourth-order valence-electron chi connectivity index (χ4n) is 3.62. The van der Waals surface area contributed by atoms with Gasteiger partial charge in [-0.25, -0.2) is 4.57 Å². The quantitative estimate of drug-likeness (QED) is 0.300. The number of hydrogen-bond acceptors (Lipinski definition) is 8. The molecule has 5 atom stereocenters. The van der Waals surface area contributed by atoms with Gasteiger partial charge >= 0.3 is 37.4 Å². The molecule has 5 rings (SSSR count). The van der Waals surface area contributed by atoms with Crippen molar-refractivity contribution in [2.45, 2.75) is 24.4 Å². The molecule has 1 fully saturated rings. The van der Waals surface area contributed by atoms with Gasteiger partial charge in [-0.3, -0.25) is 13.8 Å².